The molecule has 0 saturated heterocycles. The molecular formula is C14H12O6. The van der Waals surface area contributed by atoms with Crippen molar-refractivity contribution in [2.24, 2.45) is 0 Å². The number of benzene rings is 1. The fraction of sp³-hybridized carbons (Fsp3) is 0.214. The second kappa shape index (κ2) is 5.56. The fourth-order valence-corrected chi connectivity index (χ4v) is 1.74. The van der Waals surface area contributed by atoms with Crippen LogP contribution in [-0.4, -0.2) is 25.5 Å². The highest BCUT2D eigenvalue weighted by Gasteiger charge is 2.23. The van der Waals surface area contributed by atoms with Crippen LogP contribution < -0.4 is 10.4 Å². The topological polar surface area (TPSA) is 82.8 Å². The van der Waals surface area contributed by atoms with Crippen LogP contribution in [-0.2, 0) is 9.53 Å². The normalized spacial score (nSPS) is 10.3. The molecule has 0 atom stereocenters. The Balaban J connectivity index is 2.57. The van der Waals surface area contributed by atoms with Gasteiger partial charge in [0.2, 0.25) is 0 Å². The number of para-hydroxylation sites is 1. The van der Waals surface area contributed by atoms with E-state index in [0.717, 1.165) is 0 Å². The molecule has 0 aliphatic carbocycles. The molecule has 0 bridgehead atoms. The van der Waals surface area contributed by atoms with Gasteiger partial charge in [0.05, 0.1) is 13.7 Å². The van der Waals surface area contributed by atoms with Crippen LogP contribution in [0.4, 0.5) is 0 Å². The van der Waals surface area contributed by atoms with E-state index in [9.17, 15) is 14.4 Å². The van der Waals surface area contributed by atoms with E-state index in [1.165, 1.54) is 13.2 Å². The highest BCUT2D eigenvalue weighted by atomic mass is 16.5. The molecule has 0 aliphatic heterocycles. The van der Waals surface area contributed by atoms with E-state index in [-0.39, 0.29) is 17.8 Å². The van der Waals surface area contributed by atoms with Crippen LogP contribution in [0.5, 0.6) is 5.75 Å². The summed E-state index contributed by atoms with van der Waals surface area (Å²) in [4.78, 5) is 35.0. The molecule has 6 heteroatoms. The molecule has 104 valence electrons. The summed E-state index contributed by atoms with van der Waals surface area (Å²) >= 11 is 0. The largest absolute Gasteiger partial charge is 0.493 e. The van der Waals surface area contributed by atoms with Crippen molar-refractivity contribution < 1.29 is 23.5 Å². The maximum Gasteiger partial charge on any atom is 0.379 e. The number of carbonyl (C=O) groups excluding carboxylic acids is 2. The van der Waals surface area contributed by atoms with Gasteiger partial charge in [0.25, 0.3) is 5.78 Å². The van der Waals surface area contributed by atoms with Gasteiger partial charge in [-0.05, 0) is 19.1 Å². The first-order valence-electron chi connectivity index (χ1n) is 5.90. The molecule has 2 rings (SSSR count). The van der Waals surface area contributed by atoms with Crippen molar-refractivity contribution in [3.8, 4) is 5.75 Å². The number of rotatable bonds is 4. The van der Waals surface area contributed by atoms with E-state index in [2.05, 4.69) is 4.74 Å². The van der Waals surface area contributed by atoms with Crippen molar-refractivity contribution in [3.63, 3.8) is 0 Å². The lowest BCUT2D eigenvalue weighted by molar-refractivity contribution is -0.137. The quantitative estimate of drug-likeness (QED) is 0.364. The minimum Gasteiger partial charge on any atom is -0.493 e. The smallest absolute Gasteiger partial charge is 0.379 e. The minimum absolute atomic E-state index is 0.0529. The number of hydrogen-bond donors (Lipinski definition) is 0. The van der Waals surface area contributed by atoms with Crippen molar-refractivity contribution in [1.29, 1.82) is 0 Å². The third-order valence-corrected chi connectivity index (χ3v) is 2.65. The first-order valence-corrected chi connectivity index (χ1v) is 5.90. The van der Waals surface area contributed by atoms with Crippen molar-refractivity contribution in [2.45, 2.75) is 6.92 Å². The molecule has 0 aliphatic rings. The molecule has 1 aromatic heterocycles. The standard InChI is InChI=1S/C14H12O6/c1-3-19-14(17)11(15)9-7-8-5-4-6-10(18-2)12(8)20-13(9)16/h4-7H,3H2,1-2H3. The Morgan fingerprint density at radius 1 is 1.30 bits per heavy atom. The zero-order valence-electron chi connectivity index (χ0n) is 11.0. The zero-order chi connectivity index (χ0) is 14.7. The predicted molar refractivity (Wildman–Crippen MR) is 70.0 cm³/mol. The molecule has 0 N–H and O–H groups in total. The first kappa shape index (κ1) is 13.8. The molecular weight excluding hydrogens is 264 g/mol. The van der Waals surface area contributed by atoms with E-state index < -0.39 is 17.4 Å². The summed E-state index contributed by atoms with van der Waals surface area (Å²) in [5.74, 6) is -1.73. The Morgan fingerprint density at radius 2 is 2.05 bits per heavy atom. The van der Waals surface area contributed by atoms with Gasteiger partial charge in [-0.3, -0.25) is 4.79 Å². The van der Waals surface area contributed by atoms with E-state index in [1.807, 2.05) is 0 Å². The first-order chi connectivity index (χ1) is 9.58. The number of Topliss-reactive ketones (excluding diaryl/α,β-unsaturated/α-hetero) is 1. The number of esters is 1. The molecule has 1 heterocycles. The van der Waals surface area contributed by atoms with Gasteiger partial charge in [-0.2, -0.15) is 0 Å². The van der Waals surface area contributed by atoms with Crippen LogP contribution in [0.25, 0.3) is 11.0 Å². The van der Waals surface area contributed by atoms with Crippen LogP contribution in [0, 0.1) is 0 Å². The summed E-state index contributed by atoms with van der Waals surface area (Å²) in [5, 5.41) is 0.483. The van der Waals surface area contributed by atoms with Crippen molar-refractivity contribution in [3.05, 3.63) is 40.2 Å². The van der Waals surface area contributed by atoms with Crippen molar-refractivity contribution >= 4 is 22.7 Å². The molecule has 0 radical (unpaired) electrons. The van der Waals surface area contributed by atoms with Crippen molar-refractivity contribution in [1.82, 2.24) is 0 Å². The van der Waals surface area contributed by atoms with Gasteiger partial charge in [-0.1, -0.05) is 12.1 Å². The Labute approximate surface area is 113 Å². The summed E-state index contributed by atoms with van der Waals surface area (Å²) in [6, 6.07) is 6.24. The molecule has 6 nitrogen and oxygen atoms in total. The molecule has 0 fully saturated rings. The molecule has 0 amide bonds. The van der Waals surface area contributed by atoms with Gasteiger partial charge < -0.3 is 13.9 Å². The van der Waals surface area contributed by atoms with Crippen LogP contribution in [0.2, 0.25) is 0 Å². The lowest BCUT2D eigenvalue weighted by atomic mass is 10.1. The molecule has 1 aromatic carbocycles. The number of carbonyl (C=O) groups is 2. The van der Waals surface area contributed by atoms with Crippen molar-refractivity contribution in [2.75, 3.05) is 13.7 Å². The monoisotopic (exact) mass is 276 g/mol. The zero-order valence-corrected chi connectivity index (χ0v) is 11.0. The van der Waals surface area contributed by atoms with Gasteiger partial charge in [0.1, 0.15) is 5.56 Å². The Bertz CT molecular complexity index is 728. The minimum atomic E-state index is -1.08. The number of fused-ring (bicyclic) bond motifs is 1. The summed E-state index contributed by atoms with van der Waals surface area (Å²) in [6.45, 7) is 1.62. The van der Waals surface area contributed by atoms with Gasteiger partial charge in [0.15, 0.2) is 11.3 Å². The molecule has 0 spiro atoms. The van der Waals surface area contributed by atoms with Gasteiger partial charge in [0, 0.05) is 5.39 Å². The van der Waals surface area contributed by atoms with Crippen LogP contribution in [0.1, 0.15) is 17.3 Å². The number of hydrogen-bond acceptors (Lipinski definition) is 6. The van der Waals surface area contributed by atoms with Gasteiger partial charge in [-0.15, -0.1) is 0 Å². The Hall–Kier alpha value is -2.63. The molecule has 20 heavy (non-hydrogen) atoms. The average molecular weight is 276 g/mol. The van der Waals surface area contributed by atoms with Gasteiger partial charge >= 0.3 is 11.6 Å². The van der Waals surface area contributed by atoms with E-state index in [1.54, 1.807) is 25.1 Å². The molecule has 0 saturated carbocycles. The number of ketones is 1. The third kappa shape index (κ3) is 2.40. The number of methoxy groups -OCH3 is 1. The molecule has 2 aromatic rings. The second-order valence-electron chi connectivity index (χ2n) is 3.88. The third-order valence-electron chi connectivity index (χ3n) is 2.65. The highest BCUT2D eigenvalue weighted by molar-refractivity contribution is 6.40. The summed E-state index contributed by atoms with van der Waals surface area (Å²) in [5.41, 5.74) is -1.04. The van der Waals surface area contributed by atoms with E-state index in [4.69, 9.17) is 9.15 Å². The predicted octanol–water partition coefficient (Wildman–Crippen LogP) is 1.55. The Kier molecular flexibility index (Phi) is 3.84. The van der Waals surface area contributed by atoms with E-state index >= 15 is 0 Å². The SMILES string of the molecule is CCOC(=O)C(=O)c1cc2cccc(OC)c2oc1=O. The second-order valence-corrected chi connectivity index (χ2v) is 3.88. The van der Waals surface area contributed by atoms with E-state index in [0.29, 0.717) is 11.1 Å². The highest BCUT2D eigenvalue weighted by Crippen LogP contribution is 2.24. The van der Waals surface area contributed by atoms with Crippen LogP contribution >= 0.6 is 0 Å². The fourth-order valence-electron chi connectivity index (χ4n) is 1.74. The summed E-state index contributed by atoms with van der Waals surface area (Å²) in [7, 11) is 1.44. The number of ether oxygens (including phenoxy) is 2. The van der Waals surface area contributed by atoms with Crippen LogP contribution in [0.15, 0.2) is 33.5 Å². The lowest BCUT2D eigenvalue weighted by Crippen LogP contribution is -2.23. The summed E-state index contributed by atoms with van der Waals surface area (Å²) < 4.78 is 14.7. The average Bonchev–Trinajstić information content (AvgIpc) is 2.45. The van der Waals surface area contributed by atoms with Gasteiger partial charge in [-0.25, -0.2) is 9.59 Å². The maximum absolute atomic E-state index is 11.8. The summed E-state index contributed by atoms with van der Waals surface area (Å²) in [6.07, 6.45) is 0. The lowest BCUT2D eigenvalue weighted by Gasteiger charge is -2.05. The Morgan fingerprint density at radius 3 is 2.70 bits per heavy atom. The molecule has 0 unspecified atom stereocenters. The maximum atomic E-state index is 11.8. The van der Waals surface area contributed by atoms with Crippen LogP contribution in [0.3, 0.4) is 0 Å².